The number of furan rings is 1. The molecule has 0 atom stereocenters. The van der Waals surface area contributed by atoms with Crippen LogP contribution in [0.5, 0.6) is 0 Å². The minimum Gasteiger partial charge on any atom is -0.445 e. The predicted molar refractivity (Wildman–Crippen MR) is 162 cm³/mol. The highest BCUT2D eigenvalue weighted by Gasteiger charge is 2.24. The van der Waals surface area contributed by atoms with Gasteiger partial charge in [-0.2, -0.15) is 17.7 Å². The summed E-state index contributed by atoms with van der Waals surface area (Å²) >= 11 is 0. The summed E-state index contributed by atoms with van der Waals surface area (Å²) in [4.78, 5) is 23.4. The molecule has 0 aliphatic carbocycles. The van der Waals surface area contributed by atoms with E-state index in [-0.39, 0.29) is 23.2 Å². The van der Waals surface area contributed by atoms with Gasteiger partial charge in [-0.1, -0.05) is 44.2 Å². The molecule has 3 aromatic rings. The summed E-state index contributed by atoms with van der Waals surface area (Å²) in [6.07, 6.45) is 2.97. The Labute approximate surface area is 246 Å². The number of anilines is 2. The first-order chi connectivity index (χ1) is 20.1. The average molecular weight is 599 g/mol. The van der Waals surface area contributed by atoms with E-state index in [1.807, 2.05) is 11.0 Å². The summed E-state index contributed by atoms with van der Waals surface area (Å²) in [5, 5.41) is 14.1. The van der Waals surface area contributed by atoms with Crippen molar-refractivity contribution in [3.63, 3.8) is 0 Å². The number of carbonyl (C=O) groups excluding carboxylic acids is 1. The lowest BCUT2D eigenvalue weighted by atomic mass is 10.1. The third-order valence-corrected chi connectivity index (χ3v) is 8.12. The fourth-order valence-corrected chi connectivity index (χ4v) is 5.22. The molecule has 1 fully saturated rings. The van der Waals surface area contributed by atoms with Crippen molar-refractivity contribution in [3.05, 3.63) is 59.6 Å². The largest absolute Gasteiger partial charge is 0.445 e. The molecular weight excluding hydrogens is 560 g/mol. The summed E-state index contributed by atoms with van der Waals surface area (Å²) in [5.74, 6) is 0.593. The van der Waals surface area contributed by atoms with Gasteiger partial charge in [0.1, 0.15) is 11.3 Å². The van der Waals surface area contributed by atoms with Crippen LogP contribution < -0.4 is 20.3 Å². The molecule has 2 aromatic heterocycles. The van der Waals surface area contributed by atoms with Gasteiger partial charge in [0.15, 0.2) is 17.2 Å². The van der Waals surface area contributed by atoms with Gasteiger partial charge in [0.2, 0.25) is 5.95 Å². The van der Waals surface area contributed by atoms with Gasteiger partial charge in [0.05, 0.1) is 18.9 Å². The maximum Gasteiger partial charge on any atom is 0.302 e. The highest BCUT2D eigenvalue weighted by molar-refractivity contribution is 7.87. The Morgan fingerprint density at radius 2 is 1.90 bits per heavy atom. The number of morpholine rings is 1. The van der Waals surface area contributed by atoms with Gasteiger partial charge in [-0.05, 0) is 24.3 Å². The maximum absolute atomic E-state index is 13.3. The highest BCUT2D eigenvalue weighted by Crippen LogP contribution is 2.29. The third kappa shape index (κ3) is 7.84. The first-order valence-electron chi connectivity index (χ1n) is 13.8. The lowest BCUT2D eigenvalue weighted by Gasteiger charge is -2.28. The number of carbonyl (C=O) groups is 1. The quantitative estimate of drug-likeness (QED) is 0.216. The maximum atomic E-state index is 13.3. The van der Waals surface area contributed by atoms with Crippen molar-refractivity contribution in [2.75, 3.05) is 57.2 Å². The van der Waals surface area contributed by atoms with Crippen molar-refractivity contribution in [2.45, 2.75) is 26.7 Å². The Kier molecular flexibility index (Phi) is 10.1. The van der Waals surface area contributed by atoms with E-state index in [9.17, 15) is 13.2 Å². The fraction of sp³-hybridized carbons (Fsp3) is 0.429. The standard InChI is InChI=1S/C28H38N8O5S/c1-19(2)9-8-12-35(4)42(38,39)34-24(17-21(29)20-10-6-5-7-11-20)32-28-31-22-18-23(27(37)30-3)41-25(22)26(33-28)36-13-15-40-16-14-36/h5-7,10-11,17-19,29,34H,8-9,12-16H2,1-4H3,(H,30,37)(H,31,32,33)/b24-17-,29-21?. The molecule has 13 nitrogen and oxygen atoms in total. The van der Waals surface area contributed by atoms with Crippen LogP contribution in [0.3, 0.4) is 0 Å². The first kappa shape index (κ1) is 30.9. The molecule has 1 amide bonds. The number of hydrogen-bond acceptors (Lipinski definition) is 10. The topological polar surface area (TPSA) is 166 Å². The Morgan fingerprint density at radius 3 is 2.57 bits per heavy atom. The van der Waals surface area contributed by atoms with Gasteiger partial charge in [-0.15, -0.1) is 0 Å². The van der Waals surface area contributed by atoms with Crippen molar-refractivity contribution < 1.29 is 22.4 Å². The SMILES string of the molecule is CNC(=O)c1cc2nc(N/C(=C/C(=N)c3ccccc3)NS(=O)(=O)N(C)CCCC(C)C)nc(N3CCOCC3)c2o1. The van der Waals surface area contributed by atoms with E-state index in [1.165, 1.54) is 30.5 Å². The number of ether oxygens (including phenoxy) is 1. The molecule has 0 saturated carbocycles. The average Bonchev–Trinajstić information content (AvgIpc) is 3.41. The number of hydrogen-bond donors (Lipinski definition) is 4. The molecular formula is C28H38N8O5S. The Morgan fingerprint density at radius 1 is 1.19 bits per heavy atom. The fourth-order valence-electron chi connectivity index (χ4n) is 4.31. The number of fused-ring (bicyclic) bond motifs is 1. The van der Waals surface area contributed by atoms with Crippen LogP contribution in [0.15, 0.2) is 52.7 Å². The molecule has 1 aliphatic heterocycles. The molecule has 0 spiro atoms. The van der Waals surface area contributed by atoms with Crippen LogP contribution in [0.25, 0.3) is 11.1 Å². The summed E-state index contributed by atoms with van der Waals surface area (Å²) in [6.45, 7) is 6.56. The number of nitrogens with one attached hydrogen (secondary N) is 4. The van der Waals surface area contributed by atoms with Crippen molar-refractivity contribution in [1.29, 1.82) is 5.41 Å². The number of allylic oxidation sites excluding steroid dienone is 1. The number of amides is 1. The molecule has 42 heavy (non-hydrogen) atoms. The van der Waals surface area contributed by atoms with Gasteiger partial charge in [0.25, 0.3) is 5.91 Å². The van der Waals surface area contributed by atoms with E-state index in [0.29, 0.717) is 67.7 Å². The number of nitrogens with zero attached hydrogens (tertiary/aromatic N) is 4. The minimum atomic E-state index is -3.99. The van der Waals surface area contributed by atoms with E-state index in [2.05, 4.69) is 39.2 Å². The third-order valence-electron chi connectivity index (χ3n) is 6.64. The van der Waals surface area contributed by atoms with E-state index in [4.69, 9.17) is 14.6 Å². The zero-order valence-corrected chi connectivity index (χ0v) is 25.1. The van der Waals surface area contributed by atoms with Crippen LogP contribution in [-0.2, 0) is 14.9 Å². The number of rotatable bonds is 13. The molecule has 226 valence electrons. The molecule has 0 radical (unpaired) electrons. The molecule has 0 unspecified atom stereocenters. The van der Waals surface area contributed by atoms with Crippen molar-refractivity contribution in [2.24, 2.45) is 5.92 Å². The smallest absolute Gasteiger partial charge is 0.302 e. The molecule has 1 aliphatic rings. The molecule has 0 bridgehead atoms. The van der Waals surface area contributed by atoms with Gasteiger partial charge >= 0.3 is 10.2 Å². The van der Waals surface area contributed by atoms with Crippen LogP contribution in [0.1, 0.15) is 42.8 Å². The van der Waals surface area contributed by atoms with Crippen LogP contribution in [-0.4, -0.2) is 81.3 Å². The second-order valence-electron chi connectivity index (χ2n) is 10.3. The zero-order chi connectivity index (χ0) is 30.3. The normalized spacial score (nSPS) is 14.4. The van der Waals surface area contributed by atoms with Crippen molar-refractivity contribution in [1.82, 2.24) is 24.3 Å². The van der Waals surface area contributed by atoms with Gasteiger partial charge < -0.3 is 30.1 Å². The van der Waals surface area contributed by atoms with Crippen LogP contribution >= 0.6 is 0 Å². The molecule has 1 saturated heterocycles. The van der Waals surface area contributed by atoms with Crippen molar-refractivity contribution in [3.8, 4) is 0 Å². The number of benzene rings is 1. The molecule has 3 heterocycles. The predicted octanol–water partition coefficient (Wildman–Crippen LogP) is 2.94. The number of aromatic nitrogens is 2. The Balaban J connectivity index is 1.71. The summed E-state index contributed by atoms with van der Waals surface area (Å²) in [5.41, 5.74) is 1.35. The van der Waals surface area contributed by atoms with E-state index < -0.39 is 16.1 Å². The molecule has 1 aromatic carbocycles. The summed E-state index contributed by atoms with van der Waals surface area (Å²) in [6, 6.07) is 10.5. The minimum absolute atomic E-state index is 0.0122. The summed E-state index contributed by atoms with van der Waals surface area (Å²) < 4.78 is 41.7. The molecule has 14 heteroatoms. The summed E-state index contributed by atoms with van der Waals surface area (Å²) in [7, 11) is -0.978. The second-order valence-corrected chi connectivity index (χ2v) is 12.1. The van der Waals surface area contributed by atoms with Gasteiger partial charge in [-0.25, -0.2) is 4.98 Å². The molecule has 4 rings (SSSR count). The van der Waals surface area contributed by atoms with E-state index >= 15 is 0 Å². The van der Waals surface area contributed by atoms with Crippen LogP contribution in [0, 0.1) is 11.3 Å². The van der Waals surface area contributed by atoms with Gasteiger partial charge in [0, 0.05) is 45.9 Å². The zero-order valence-electron chi connectivity index (χ0n) is 24.3. The van der Waals surface area contributed by atoms with E-state index in [1.54, 1.807) is 24.3 Å². The highest BCUT2D eigenvalue weighted by atomic mass is 32.2. The lowest BCUT2D eigenvalue weighted by Crippen LogP contribution is -2.40. The first-order valence-corrected chi connectivity index (χ1v) is 15.2. The van der Waals surface area contributed by atoms with Crippen molar-refractivity contribution >= 4 is 44.7 Å². The lowest BCUT2D eigenvalue weighted by molar-refractivity contribution is 0.0937. The second kappa shape index (κ2) is 13.8. The van der Waals surface area contributed by atoms with Crippen LogP contribution in [0.2, 0.25) is 0 Å². The molecule has 4 N–H and O–H groups in total. The van der Waals surface area contributed by atoms with Crippen LogP contribution in [0.4, 0.5) is 11.8 Å². The Hall–Kier alpha value is -4.01. The van der Waals surface area contributed by atoms with E-state index in [0.717, 1.165) is 6.42 Å². The Bertz CT molecular complexity index is 1530. The van der Waals surface area contributed by atoms with Gasteiger partial charge in [-0.3, -0.25) is 9.52 Å². The monoisotopic (exact) mass is 598 g/mol.